The van der Waals surface area contributed by atoms with Gasteiger partial charge in [-0.1, -0.05) is 31.2 Å². The van der Waals surface area contributed by atoms with Crippen LogP contribution in [0.25, 0.3) is 10.9 Å². The van der Waals surface area contributed by atoms with Gasteiger partial charge in [0.15, 0.2) is 6.29 Å². The summed E-state index contributed by atoms with van der Waals surface area (Å²) in [6, 6.07) is 12.3. The normalized spacial score (nSPS) is 11.0. The van der Waals surface area contributed by atoms with Gasteiger partial charge in [0.25, 0.3) is 0 Å². The summed E-state index contributed by atoms with van der Waals surface area (Å²) in [4.78, 5) is 11.4. The van der Waals surface area contributed by atoms with E-state index in [1.165, 1.54) is 16.7 Å². The highest BCUT2D eigenvalue weighted by molar-refractivity contribution is 5.98. The number of carbonyl (C=O) groups excluding carboxylic acids is 1. The fraction of sp³-hybridized carbons (Fsp3) is 0.286. The van der Waals surface area contributed by atoms with Crippen LogP contribution in [-0.4, -0.2) is 17.5 Å². The van der Waals surface area contributed by atoms with Crippen LogP contribution < -0.4 is 4.74 Å². The van der Waals surface area contributed by atoms with E-state index in [-0.39, 0.29) is 0 Å². The van der Waals surface area contributed by atoms with Crippen molar-refractivity contribution in [3.05, 3.63) is 64.8 Å². The van der Waals surface area contributed by atoms with Crippen molar-refractivity contribution in [1.82, 2.24) is 4.57 Å². The standard InChI is InChI=1S/C21H23NO2/c1-4-17-6-5-7-20-18(14-23)13-22(21(17)20)10-11-24-19-9-8-15(2)16(3)12-19/h5-9,12-14H,4,10-11H2,1-3H3. The molecule has 3 nitrogen and oxygen atoms in total. The summed E-state index contributed by atoms with van der Waals surface area (Å²) in [7, 11) is 0. The van der Waals surface area contributed by atoms with Gasteiger partial charge in [-0.2, -0.15) is 0 Å². The monoisotopic (exact) mass is 321 g/mol. The van der Waals surface area contributed by atoms with E-state index < -0.39 is 0 Å². The molecule has 0 aliphatic heterocycles. The maximum atomic E-state index is 11.4. The smallest absolute Gasteiger partial charge is 0.152 e. The molecule has 3 aromatic rings. The summed E-state index contributed by atoms with van der Waals surface area (Å²) in [6.45, 7) is 7.61. The van der Waals surface area contributed by atoms with Gasteiger partial charge in [0.1, 0.15) is 12.4 Å². The highest BCUT2D eigenvalue weighted by Gasteiger charge is 2.11. The molecule has 0 aliphatic carbocycles. The van der Waals surface area contributed by atoms with Crippen molar-refractivity contribution in [2.75, 3.05) is 6.61 Å². The van der Waals surface area contributed by atoms with Crippen molar-refractivity contribution in [2.24, 2.45) is 0 Å². The van der Waals surface area contributed by atoms with Gasteiger partial charge in [0, 0.05) is 17.1 Å². The second-order valence-electron chi connectivity index (χ2n) is 6.16. The van der Waals surface area contributed by atoms with Gasteiger partial charge in [-0.05, 0) is 49.1 Å². The molecule has 0 amide bonds. The minimum atomic E-state index is 0.572. The van der Waals surface area contributed by atoms with Crippen LogP contribution in [0.1, 0.15) is 34.0 Å². The van der Waals surface area contributed by atoms with Crippen molar-refractivity contribution in [3.63, 3.8) is 0 Å². The molecule has 0 bridgehead atoms. The molecule has 2 aromatic carbocycles. The summed E-state index contributed by atoms with van der Waals surface area (Å²) in [5.41, 5.74) is 5.64. The van der Waals surface area contributed by atoms with Gasteiger partial charge >= 0.3 is 0 Å². The highest BCUT2D eigenvalue weighted by Crippen LogP contribution is 2.24. The summed E-state index contributed by atoms with van der Waals surface area (Å²) < 4.78 is 8.04. The Balaban J connectivity index is 1.82. The second-order valence-corrected chi connectivity index (χ2v) is 6.16. The Morgan fingerprint density at radius 2 is 1.96 bits per heavy atom. The van der Waals surface area contributed by atoms with Crippen LogP contribution in [0.15, 0.2) is 42.6 Å². The molecule has 124 valence electrons. The first-order chi connectivity index (χ1) is 11.6. The predicted octanol–water partition coefficient (Wildman–Crippen LogP) is 4.71. The molecule has 0 unspecified atom stereocenters. The number of fused-ring (bicyclic) bond motifs is 1. The molecule has 0 saturated heterocycles. The fourth-order valence-electron chi connectivity index (χ4n) is 3.09. The third-order valence-corrected chi connectivity index (χ3v) is 4.60. The largest absolute Gasteiger partial charge is 0.492 e. The van der Waals surface area contributed by atoms with Crippen LogP contribution in [0.2, 0.25) is 0 Å². The first kappa shape index (κ1) is 16.3. The average molecular weight is 321 g/mol. The number of benzene rings is 2. The van der Waals surface area contributed by atoms with Crippen LogP contribution in [0.5, 0.6) is 5.75 Å². The number of hydrogen-bond acceptors (Lipinski definition) is 2. The Kier molecular flexibility index (Phi) is 4.70. The number of aromatic nitrogens is 1. The molecule has 24 heavy (non-hydrogen) atoms. The van der Waals surface area contributed by atoms with Crippen molar-refractivity contribution < 1.29 is 9.53 Å². The van der Waals surface area contributed by atoms with E-state index in [0.29, 0.717) is 13.2 Å². The zero-order chi connectivity index (χ0) is 17.1. The number of ether oxygens (including phenoxy) is 1. The molecule has 0 aliphatic rings. The quantitative estimate of drug-likeness (QED) is 0.616. The van der Waals surface area contributed by atoms with Crippen LogP contribution >= 0.6 is 0 Å². The molecule has 0 N–H and O–H groups in total. The Bertz CT molecular complexity index is 877. The molecular formula is C21H23NO2. The van der Waals surface area contributed by atoms with Gasteiger partial charge in [0.2, 0.25) is 0 Å². The zero-order valence-electron chi connectivity index (χ0n) is 14.5. The third kappa shape index (κ3) is 3.07. The molecule has 1 aromatic heterocycles. The minimum Gasteiger partial charge on any atom is -0.492 e. The van der Waals surface area contributed by atoms with E-state index in [9.17, 15) is 4.79 Å². The lowest BCUT2D eigenvalue weighted by atomic mass is 10.1. The number of carbonyl (C=O) groups is 1. The van der Waals surface area contributed by atoms with Gasteiger partial charge in [-0.3, -0.25) is 4.79 Å². The van der Waals surface area contributed by atoms with Gasteiger partial charge in [-0.15, -0.1) is 0 Å². The van der Waals surface area contributed by atoms with Gasteiger partial charge < -0.3 is 9.30 Å². The Morgan fingerprint density at radius 3 is 2.67 bits per heavy atom. The summed E-state index contributed by atoms with van der Waals surface area (Å²) in [5.74, 6) is 0.890. The number of aryl methyl sites for hydroxylation is 3. The molecular weight excluding hydrogens is 298 g/mol. The molecule has 0 atom stereocenters. The molecule has 3 rings (SSSR count). The average Bonchev–Trinajstić information content (AvgIpc) is 2.96. The van der Waals surface area contributed by atoms with Crippen molar-refractivity contribution >= 4 is 17.2 Å². The van der Waals surface area contributed by atoms with Gasteiger partial charge in [-0.25, -0.2) is 0 Å². The first-order valence-corrected chi connectivity index (χ1v) is 8.40. The first-order valence-electron chi connectivity index (χ1n) is 8.40. The number of nitrogens with zero attached hydrogens (tertiary/aromatic N) is 1. The van der Waals surface area contributed by atoms with Crippen molar-refractivity contribution in [2.45, 2.75) is 33.7 Å². The van der Waals surface area contributed by atoms with E-state index in [1.54, 1.807) is 0 Å². The number of para-hydroxylation sites is 1. The lowest BCUT2D eigenvalue weighted by molar-refractivity contribution is 0.112. The molecule has 0 spiro atoms. The zero-order valence-corrected chi connectivity index (χ0v) is 14.5. The molecule has 1 heterocycles. The van der Waals surface area contributed by atoms with Crippen LogP contribution in [0.3, 0.4) is 0 Å². The highest BCUT2D eigenvalue weighted by atomic mass is 16.5. The summed E-state index contributed by atoms with van der Waals surface area (Å²) in [5, 5.41) is 1.02. The third-order valence-electron chi connectivity index (χ3n) is 4.60. The molecule has 3 heteroatoms. The molecule has 0 fully saturated rings. The molecule has 0 radical (unpaired) electrons. The van der Waals surface area contributed by atoms with E-state index in [1.807, 2.05) is 24.4 Å². The lowest BCUT2D eigenvalue weighted by Crippen LogP contribution is -2.08. The lowest BCUT2D eigenvalue weighted by Gasteiger charge is -2.11. The Morgan fingerprint density at radius 1 is 1.12 bits per heavy atom. The van der Waals surface area contributed by atoms with Crippen molar-refractivity contribution in [3.8, 4) is 5.75 Å². The van der Waals surface area contributed by atoms with Crippen LogP contribution in [0, 0.1) is 13.8 Å². The van der Waals surface area contributed by atoms with E-state index in [0.717, 1.165) is 34.9 Å². The second kappa shape index (κ2) is 6.91. The topological polar surface area (TPSA) is 31.2 Å². The fourth-order valence-corrected chi connectivity index (χ4v) is 3.09. The predicted molar refractivity (Wildman–Crippen MR) is 98.1 cm³/mol. The van der Waals surface area contributed by atoms with E-state index >= 15 is 0 Å². The SMILES string of the molecule is CCc1cccc2c(C=O)cn(CCOc3ccc(C)c(C)c3)c12. The summed E-state index contributed by atoms with van der Waals surface area (Å²) >= 11 is 0. The Labute approximate surface area is 142 Å². The van der Waals surface area contributed by atoms with Crippen LogP contribution in [-0.2, 0) is 13.0 Å². The van der Waals surface area contributed by atoms with E-state index in [2.05, 4.69) is 43.5 Å². The summed E-state index contributed by atoms with van der Waals surface area (Å²) in [6.07, 6.45) is 3.81. The minimum absolute atomic E-state index is 0.572. The maximum absolute atomic E-state index is 11.4. The van der Waals surface area contributed by atoms with Crippen molar-refractivity contribution in [1.29, 1.82) is 0 Å². The number of hydrogen-bond donors (Lipinski definition) is 0. The Hall–Kier alpha value is -2.55. The van der Waals surface area contributed by atoms with Crippen LogP contribution in [0.4, 0.5) is 0 Å². The van der Waals surface area contributed by atoms with Gasteiger partial charge in [0.05, 0.1) is 12.1 Å². The number of rotatable bonds is 6. The van der Waals surface area contributed by atoms with E-state index in [4.69, 9.17) is 4.74 Å². The molecule has 0 saturated carbocycles. The number of aldehydes is 1. The maximum Gasteiger partial charge on any atom is 0.152 e.